The smallest absolute Gasteiger partial charge is 0.413 e. The van der Waals surface area contributed by atoms with Gasteiger partial charge >= 0.3 is 6.09 Å². The largest absolute Gasteiger partial charge is 0.453 e. The first-order chi connectivity index (χ1) is 11.1. The molecule has 5 nitrogen and oxygen atoms in total. The summed E-state index contributed by atoms with van der Waals surface area (Å²) < 4.78 is 17.3. The summed E-state index contributed by atoms with van der Waals surface area (Å²) in [5, 5.41) is 5.32. The van der Waals surface area contributed by atoms with Crippen LogP contribution in [0.2, 0.25) is 0 Å². The van der Waals surface area contributed by atoms with Crippen molar-refractivity contribution in [3.8, 4) is 0 Å². The molecule has 23 heavy (non-hydrogen) atoms. The van der Waals surface area contributed by atoms with Crippen LogP contribution >= 0.6 is 12.2 Å². The molecule has 0 aliphatic carbocycles. The van der Waals surface area contributed by atoms with Crippen LogP contribution < -0.4 is 10.6 Å². The second kappa shape index (κ2) is 8.00. The second-order valence-corrected chi connectivity index (χ2v) is 4.81. The topological polar surface area (TPSA) is 62.7 Å². The number of benzene rings is 2. The number of methoxy groups -OCH3 is 1. The van der Waals surface area contributed by atoms with E-state index in [9.17, 15) is 9.18 Å². The van der Waals surface area contributed by atoms with Crippen molar-refractivity contribution >= 4 is 41.0 Å². The lowest BCUT2D eigenvalue weighted by atomic mass is 10.2. The lowest BCUT2D eigenvalue weighted by molar-refractivity contribution is 0.177. The van der Waals surface area contributed by atoms with Crippen molar-refractivity contribution in [2.45, 2.75) is 0 Å². The molecule has 0 aliphatic heterocycles. The summed E-state index contributed by atoms with van der Waals surface area (Å²) in [6.45, 7) is 0. The van der Waals surface area contributed by atoms with Crippen LogP contribution in [0, 0.1) is 5.82 Å². The number of anilines is 1. The van der Waals surface area contributed by atoms with E-state index in [2.05, 4.69) is 20.4 Å². The van der Waals surface area contributed by atoms with E-state index < -0.39 is 6.09 Å². The first kappa shape index (κ1) is 16.6. The summed E-state index contributed by atoms with van der Waals surface area (Å²) in [7, 11) is 1.25. The van der Waals surface area contributed by atoms with Crippen molar-refractivity contribution in [2.24, 2.45) is 4.99 Å². The van der Waals surface area contributed by atoms with Gasteiger partial charge in [-0.2, -0.15) is 0 Å². The zero-order chi connectivity index (χ0) is 16.7. The lowest BCUT2D eigenvalue weighted by Gasteiger charge is -2.10. The first-order valence-corrected chi connectivity index (χ1v) is 7.04. The number of rotatable bonds is 3. The second-order valence-electron chi connectivity index (χ2n) is 4.40. The molecule has 2 N–H and O–H groups in total. The lowest BCUT2D eigenvalue weighted by Crippen LogP contribution is -2.33. The predicted molar refractivity (Wildman–Crippen MR) is 91.9 cm³/mol. The number of carbonyl (C=O) groups excluding carboxylic acids is 1. The summed E-state index contributed by atoms with van der Waals surface area (Å²) in [6.07, 6.45) is 0.950. The molecule has 2 rings (SSSR count). The highest BCUT2D eigenvalue weighted by Crippen LogP contribution is 2.24. The number of amides is 1. The molecule has 0 radical (unpaired) electrons. The monoisotopic (exact) mass is 331 g/mol. The minimum Gasteiger partial charge on any atom is -0.453 e. The highest BCUT2D eigenvalue weighted by Gasteiger charge is 2.06. The van der Waals surface area contributed by atoms with Crippen molar-refractivity contribution in [2.75, 3.05) is 12.4 Å². The Bertz CT molecular complexity index is 732. The fourth-order valence-corrected chi connectivity index (χ4v) is 1.88. The highest BCUT2D eigenvalue weighted by atomic mass is 32.1. The van der Waals surface area contributed by atoms with E-state index in [0.29, 0.717) is 11.4 Å². The fourth-order valence-electron chi connectivity index (χ4n) is 1.68. The van der Waals surface area contributed by atoms with Gasteiger partial charge in [-0.05, 0) is 42.0 Å². The minimum absolute atomic E-state index is 0.0984. The summed E-state index contributed by atoms with van der Waals surface area (Å²) in [4.78, 5) is 15.5. The number of aliphatic imine (C=N–C) groups is 1. The van der Waals surface area contributed by atoms with Gasteiger partial charge in [-0.25, -0.2) is 9.18 Å². The van der Waals surface area contributed by atoms with E-state index in [1.807, 2.05) is 6.07 Å². The molecular weight excluding hydrogens is 317 g/mol. The third-order valence-corrected chi connectivity index (χ3v) is 2.98. The Balaban J connectivity index is 2.12. The highest BCUT2D eigenvalue weighted by molar-refractivity contribution is 7.80. The molecule has 2 aromatic rings. The van der Waals surface area contributed by atoms with Gasteiger partial charge in [-0.15, -0.1) is 0 Å². The Kier molecular flexibility index (Phi) is 5.76. The van der Waals surface area contributed by atoms with Gasteiger partial charge in [-0.1, -0.05) is 24.3 Å². The Morgan fingerprint density at radius 3 is 2.61 bits per heavy atom. The number of thiocarbonyl (C=S) groups is 1. The van der Waals surface area contributed by atoms with Crippen molar-refractivity contribution in [3.63, 3.8) is 0 Å². The molecule has 0 saturated carbocycles. The molecule has 0 unspecified atom stereocenters. The maximum atomic E-state index is 12.9. The van der Waals surface area contributed by atoms with Crippen LogP contribution in [0.5, 0.6) is 0 Å². The van der Waals surface area contributed by atoms with Gasteiger partial charge in [0.1, 0.15) is 5.82 Å². The number of hydrogen-bond acceptors (Lipinski definition) is 4. The molecule has 7 heteroatoms. The number of carbonyl (C=O) groups is 1. The van der Waals surface area contributed by atoms with E-state index in [-0.39, 0.29) is 10.9 Å². The van der Waals surface area contributed by atoms with E-state index in [1.165, 1.54) is 19.2 Å². The van der Waals surface area contributed by atoms with Gasteiger partial charge in [-0.3, -0.25) is 10.3 Å². The average Bonchev–Trinajstić information content (AvgIpc) is 2.55. The van der Waals surface area contributed by atoms with Crippen LogP contribution in [0.4, 0.5) is 20.6 Å². The van der Waals surface area contributed by atoms with Gasteiger partial charge in [0, 0.05) is 6.21 Å². The van der Waals surface area contributed by atoms with Gasteiger partial charge in [0.05, 0.1) is 18.5 Å². The molecule has 2 aromatic carbocycles. The Morgan fingerprint density at radius 1 is 1.22 bits per heavy atom. The predicted octanol–water partition coefficient (Wildman–Crippen LogP) is 3.63. The van der Waals surface area contributed by atoms with Crippen molar-refractivity contribution in [1.29, 1.82) is 0 Å². The molecule has 0 heterocycles. The molecule has 0 fully saturated rings. The molecule has 118 valence electrons. The van der Waals surface area contributed by atoms with Crippen LogP contribution in [-0.4, -0.2) is 24.5 Å². The molecule has 0 aliphatic rings. The quantitative estimate of drug-likeness (QED) is 0.666. The normalized spacial score (nSPS) is 10.3. The number of ether oxygens (including phenoxy) is 1. The number of halogens is 1. The molecule has 0 aromatic heterocycles. The maximum absolute atomic E-state index is 12.9. The van der Waals surface area contributed by atoms with Crippen LogP contribution in [-0.2, 0) is 4.74 Å². The first-order valence-electron chi connectivity index (χ1n) is 6.63. The molecule has 0 atom stereocenters. The van der Waals surface area contributed by atoms with Gasteiger partial charge in [0.15, 0.2) is 5.11 Å². The zero-order valence-electron chi connectivity index (χ0n) is 12.2. The minimum atomic E-state index is -0.658. The Hall–Kier alpha value is -2.80. The van der Waals surface area contributed by atoms with E-state index in [0.717, 1.165) is 5.56 Å². The number of nitrogens with zero attached hydrogens (tertiary/aromatic N) is 1. The van der Waals surface area contributed by atoms with Crippen molar-refractivity contribution in [1.82, 2.24) is 5.32 Å². The fraction of sp³-hybridized carbons (Fsp3) is 0.0625. The van der Waals surface area contributed by atoms with Crippen LogP contribution in [0.15, 0.2) is 53.5 Å². The number of hydrogen-bond donors (Lipinski definition) is 2. The third-order valence-electron chi connectivity index (χ3n) is 2.78. The molecule has 1 amide bonds. The Labute approximate surface area is 138 Å². The molecule has 0 saturated heterocycles. The summed E-state index contributed by atoms with van der Waals surface area (Å²) in [5.41, 5.74) is 1.99. The van der Waals surface area contributed by atoms with E-state index >= 15 is 0 Å². The number of para-hydroxylation sites is 2. The SMILES string of the molecule is COC(=O)NC(=S)Nc1ccccc1N=Cc1ccc(F)cc1. The van der Waals surface area contributed by atoms with E-state index in [4.69, 9.17) is 12.2 Å². The van der Waals surface area contributed by atoms with Crippen LogP contribution in [0.25, 0.3) is 0 Å². The van der Waals surface area contributed by atoms with Crippen molar-refractivity contribution < 1.29 is 13.9 Å². The maximum Gasteiger partial charge on any atom is 0.413 e. The average molecular weight is 331 g/mol. The third kappa shape index (κ3) is 5.15. The number of alkyl carbamates (subject to hydrolysis) is 1. The van der Waals surface area contributed by atoms with Crippen molar-refractivity contribution in [3.05, 3.63) is 59.9 Å². The molecule has 0 spiro atoms. The van der Waals surface area contributed by atoms with Gasteiger partial charge in [0.2, 0.25) is 0 Å². The Morgan fingerprint density at radius 2 is 1.91 bits per heavy atom. The van der Waals surface area contributed by atoms with Crippen LogP contribution in [0.3, 0.4) is 0 Å². The number of nitrogens with one attached hydrogen (secondary N) is 2. The van der Waals surface area contributed by atoms with Gasteiger partial charge in [0.25, 0.3) is 0 Å². The summed E-state index contributed by atoms with van der Waals surface area (Å²) in [6, 6.07) is 13.1. The summed E-state index contributed by atoms with van der Waals surface area (Å²) >= 11 is 5.01. The standard InChI is InChI=1S/C16H14FN3O2S/c1-22-16(21)20-15(23)19-14-5-3-2-4-13(14)18-10-11-6-8-12(17)9-7-11/h2-10H,1H3,(H2,19,20,21,23). The van der Waals surface area contributed by atoms with Gasteiger partial charge < -0.3 is 10.1 Å². The summed E-state index contributed by atoms with van der Waals surface area (Å²) in [5.74, 6) is -0.302. The molecule has 0 bridgehead atoms. The van der Waals surface area contributed by atoms with Crippen LogP contribution in [0.1, 0.15) is 5.56 Å². The molecular formula is C16H14FN3O2S. The van der Waals surface area contributed by atoms with E-state index in [1.54, 1.807) is 36.5 Å². The zero-order valence-corrected chi connectivity index (χ0v) is 13.1.